The normalized spacial score (nSPS) is 15.1. The van der Waals surface area contributed by atoms with E-state index in [0.717, 1.165) is 0 Å². The summed E-state index contributed by atoms with van der Waals surface area (Å²) in [7, 11) is 0. The van der Waals surface area contributed by atoms with Gasteiger partial charge >= 0.3 is 5.97 Å². The zero-order chi connectivity index (χ0) is 21.1. The topological polar surface area (TPSA) is 59.8 Å². The molecule has 30 heavy (non-hydrogen) atoms. The molecule has 0 aliphatic carbocycles. The van der Waals surface area contributed by atoms with Crippen LogP contribution in [0.5, 0.6) is 5.75 Å². The summed E-state index contributed by atoms with van der Waals surface area (Å²) < 4.78 is 11.1. The fourth-order valence-corrected chi connectivity index (χ4v) is 4.25. The summed E-state index contributed by atoms with van der Waals surface area (Å²) in [5.74, 6) is 0.203. The first-order valence-electron chi connectivity index (χ1n) is 8.86. The lowest BCUT2D eigenvalue weighted by atomic mass is 10.2. The SMILES string of the molecule is O=C(Oc1ccc(/C=C2\SC(=S)N(Cc3ccco3)C2=O)cc1Cl)c1ccccc1. The van der Waals surface area contributed by atoms with E-state index in [1.54, 1.807) is 66.9 Å². The lowest BCUT2D eigenvalue weighted by Crippen LogP contribution is -2.27. The minimum absolute atomic E-state index is 0.197. The van der Waals surface area contributed by atoms with E-state index in [1.807, 2.05) is 6.07 Å². The Kier molecular flexibility index (Phi) is 6.03. The molecule has 150 valence electrons. The van der Waals surface area contributed by atoms with E-state index in [4.69, 9.17) is 33.0 Å². The van der Waals surface area contributed by atoms with E-state index in [-0.39, 0.29) is 23.2 Å². The summed E-state index contributed by atoms with van der Waals surface area (Å²) in [6.45, 7) is 0.282. The van der Waals surface area contributed by atoms with Gasteiger partial charge in [-0.2, -0.15) is 0 Å². The summed E-state index contributed by atoms with van der Waals surface area (Å²) in [6.07, 6.45) is 3.26. The second kappa shape index (κ2) is 8.87. The lowest BCUT2D eigenvalue weighted by molar-refractivity contribution is -0.122. The Labute approximate surface area is 187 Å². The van der Waals surface area contributed by atoms with Gasteiger partial charge in [-0.3, -0.25) is 9.69 Å². The van der Waals surface area contributed by atoms with Crippen molar-refractivity contribution in [3.63, 3.8) is 0 Å². The van der Waals surface area contributed by atoms with Gasteiger partial charge < -0.3 is 9.15 Å². The molecule has 8 heteroatoms. The Morgan fingerprint density at radius 3 is 2.67 bits per heavy atom. The van der Waals surface area contributed by atoms with Crippen LogP contribution in [0.15, 0.2) is 76.2 Å². The van der Waals surface area contributed by atoms with E-state index in [1.165, 1.54) is 16.7 Å². The smallest absolute Gasteiger partial charge is 0.343 e. The second-order valence-corrected chi connectivity index (χ2v) is 8.38. The number of carbonyl (C=O) groups excluding carboxylic acids is 2. The average molecular weight is 456 g/mol. The maximum absolute atomic E-state index is 12.7. The van der Waals surface area contributed by atoms with Crippen molar-refractivity contribution >= 4 is 57.9 Å². The Hall–Kier alpha value is -2.87. The van der Waals surface area contributed by atoms with Gasteiger partial charge in [0.25, 0.3) is 5.91 Å². The molecule has 2 aromatic carbocycles. The number of hydrogen-bond acceptors (Lipinski definition) is 6. The highest BCUT2D eigenvalue weighted by Crippen LogP contribution is 2.35. The molecule has 0 unspecified atom stereocenters. The largest absolute Gasteiger partial charge is 0.467 e. The minimum atomic E-state index is -0.496. The van der Waals surface area contributed by atoms with Crippen LogP contribution in [0.1, 0.15) is 21.7 Å². The van der Waals surface area contributed by atoms with E-state index < -0.39 is 5.97 Å². The van der Waals surface area contributed by atoms with Crippen LogP contribution in [0, 0.1) is 0 Å². The number of rotatable bonds is 5. The van der Waals surface area contributed by atoms with Gasteiger partial charge in [-0.15, -0.1) is 0 Å². The molecule has 0 N–H and O–H groups in total. The van der Waals surface area contributed by atoms with Gasteiger partial charge in [0.05, 0.1) is 28.3 Å². The molecule has 5 nitrogen and oxygen atoms in total. The molecular formula is C22H14ClNO4S2. The van der Waals surface area contributed by atoms with Crippen LogP contribution in [0.4, 0.5) is 0 Å². The van der Waals surface area contributed by atoms with Crippen molar-refractivity contribution in [2.45, 2.75) is 6.54 Å². The number of benzene rings is 2. The zero-order valence-corrected chi connectivity index (χ0v) is 17.8. The number of halogens is 1. The summed E-state index contributed by atoms with van der Waals surface area (Å²) in [5.41, 5.74) is 1.12. The van der Waals surface area contributed by atoms with Crippen LogP contribution in [0.3, 0.4) is 0 Å². The van der Waals surface area contributed by atoms with Crippen LogP contribution in [0.25, 0.3) is 6.08 Å². The fourth-order valence-electron chi connectivity index (χ4n) is 2.77. The van der Waals surface area contributed by atoms with Gasteiger partial charge in [0.1, 0.15) is 15.8 Å². The van der Waals surface area contributed by atoms with Crippen LogP contribution < -0.4 is 4.74 Å². The van der Waals surface area contributed by atoms with Gasteiger partial charge in [0.2, 0.25) is 0 Å². The van der Waals surface area contributed by atoms with Crippen LogP contribution in [-0.2, 0) is 11.3 Å². The average Bonchev–Trinajstić information content (AvgIpc) is 3.35. The Morgan fingerprint density at radius 1 is 1.17 bits per heavy atom. The van der Waals surface area contributed by atoms with Crippen molar-refractivity contribution in [2.24, 2.45) is 0 Å². The second-order valence-electron chi connectivity index (χ2n) is 6.29. The molecule has 1 fully saturated rings. The molecule has 0 radical (unpaired) electrons. The number of hydrogen-bond donors (Lipinski definition) is 0. The number of amides is 1. The third kappa shape index (κ3) is 4.48. The molecule has 1 aliphatic heterocycles. The monoisotopic (exact) mass is 455 g/mol. The first-order valence-corrected chi connectivity index (χ1v) is 10.5. The number of ether oxygens (including phenoxy) is 1. The standard InChI is InChI=1S/C22H14ClNO4S2/c23-17-11-14(8-9-18(17)28-21(26)15-5-2-1-3-6-15)12-19-20(25)24(22(29)30-19)13-16-7-4-10-27-16/h1-12H,13H2/b19-12-. The first-order chi connectivity index (χ1) is 14.5. The summed E-state index contributed by atoms with van der Waals surface area (Å²) >= 11 is 12.8. The quantitative estimate of drug-likeness (QED) is 0.217. The van der Waals surface area contributed by atoms with Crippen LogP contribution in [0.2, 0.25) is 5.02 Å². The summed E-state index contributed by atoms with van der Waals surface area (Å²) in [4.78, 5) is 26.9. The third-order valence-electron chi connectivity index (χ3n) is 4.23. The highest BCUT2D eigenvalue weighted by molar-refractivity contribution is 8.26. The van der Waals surface area contributed by atoms with Crippen LogP contribution in [-0.4, -0.2) is 21.1 Å². The highest BCUT2D eigenvalue weighted by Gasteiger charge is 2.32. The molecule has 0 saturated carbocycles. The van der Waals surface area contributed by atoms with E-state index >= 15 is 0 Å². The van der Waals surface area contributed by atoms with Gasteiger partial charge in [0, 0.05) is 0 Å². The van der Waals surface area contributed by atoms with E-state index in [2.05, 4.69) is 0 Å². The Bertz CT molecular complexity index is 1140. The fraction of sp³-hybridized carbons (Fsp3) is 0.0455. The summed E-state index contributed by atoms with van der Waals surface area (Å²) in [6, 6.07) is 17.1. The third-order valence-corrected chi connectivity index (χ3v) is 5.91. The molecule has 4 rings (SSSR count). The van der Waals surface area contributed by atoms with Crippen molar-refractivity contribution in [1.82, 2.24) is 4.90 Å². The predicted molar refractivity (Wildman–Crippen MR) is 120 cm³/mol. The van der Waals surface area contributed by atoms with Crippen LogP contribution >= 0.6 is 35.6 Å². The predicted octanol–water partition coefficient (Wildman–Crippen LogP) is 5.55. The van der Waals surface area contributed by atoms with Crippen molar-refractivity contribution in [1.29, 1.82) is 0 Å². The molecule has 0 atom stereocenters. The number of carbonyl (C=O) groups is 2. The van der Waals surface area contributed by atoms with Crippen molar-refractivity contribution in [3.8, 4) is 5.75 Å². The number of thiocarbonyl (C=S) groups is 1. The highest BCUT2D eigenvalue weighted by atomic mass is 35.5. The lowest BCUT2D eigenvalue weighted by Gasteiger charge is -2.12. The van der Waals surface area contributed by atoms with Crippen molar-refractivity contribution in [3.05, 3.63) is 93.7 Å². The van der Waals surface area contributed by atoms with Gasteiger partial charge in [-0.1, -0.05) is 59.8 Å². The Balaban J connectivity index is 1.49. The molecule has 1 amide bonds. The van der Waals surface area contributed by atoms with Gasteiger partial charge in [0.15, 0.2) is 0 Å². The molecule has 1 aromatic heterocycles. The Morgan fingerprint density at radius 2 is 1.97 bits per heavy atom. The maximum Gasteiger partial charge on any atom is 0.343 e. The molecule has 3 aromatic rings. The van der Waals surface area contributed by atoms with Gasteiger partial charge in [-0.25, -0.2) is 4.79 Å². The van der Waals surface area contributed by atoms with Crippen molar-refractivity contribution < 1.29 is 18.7 Å². The zero-order valence-electron chi connectivity index (χ0n) is 15.4. The van der Waals surface area contributed by atoms with E-state index in [9.17, 15) is 9.59 Å². The molecule has 2 heterocycles. The maximum atomic E-state index is 12.7. The molecule has 1 aliphatic rings. The van der Waals surface area contributed by atoms with E-state index in [0.29, 0.717) is 26.1 Å². The number of thioether (sulfide) groups is 1. The van der Waals surface area contributed by atoms with Gasteiger partial charge in [-0.05, 0) is 48.0 Å². The first kappa shape index (κ1) is 20.4. The molecule has 0 spiro atoms. The minimum Gasteiger partial charge on any atom is -0.467 e. The molecule has 1 saturated heterocycles. The molecular weight excluding hydrogens is 442 g/mol. The van der Waals surface area contributed by atoms with Crippen molar-refractivity contribution in [2.75, 3.05) is 0 Å². The summed E-state index contributed by atoms with van der Waals surface area (Å²) in [5, 5.41) is 0.263. The number of esters is 1. The number of furan rings is 1. The number of nitrogens with zero attached hydrogens (tertiary/aromatic N) is 1. The molecule has 0 bridgehead atoms.